The first-order chi connectivity index (χ1) is 33.7. The Balaban J connectivity index is 1.13. The smallest absolute Gasteiger partial charge is 0.164 e. The van der Waals surface area contributed by atoms with E-state index in [2.05, 4.69) is 51.6 Å². The van der Waals surface area contributed by atoms with Gasteiger partial charge in [-0.1, -0.05) is 152 Å². The van der Waals surface area contributed by atoms with Crippen LogP contribution in [0, 0.1) is 0 Å². The van der Waals surface area contributed by atoms with Gasteiger partial charge in [0, 0.05) is 65.8 Å². The normalized spacial score (nSPS) is 13.1. The van der Waals surface area contributed by atoms with Crippen LogP contribution in [0.1, 0.15) is 8.22 Å². The number of furan rings is 1. The maximum atomic E-state index is 9.65. The highest BCUT2D eigenvalue weighted by atomic mass is 16.3. The van der Waals surface area contributed by atoms with Gasteiger partial charge in [-0.15, -0.1) is 0 Å². The molecule has 0 aliphatic heterocycles. The lowest BCUT2D eigenvalue weighted by atomic mass is 9.97. The van der Waals surface area contributed by atoms with Crippen molar-refractivity contribution in [3.8, 4) is 56.7 Å². The first kappa shape index (κ1) is 29.6. The largest absolute Gasteiger partial charge is 0.455 e. The number of hydrogen-bond acceptors (Lipinski definition) is 4. The van der Waals surface area contributed by atoms with Gasteiger partial charge in [0.05, 0.1) is 36.0 Å². The summed E-state index contributed by atoms with van der Waals surface area (Å²) >= 11 is 0. The molecule has 6 heteroatoms. The molecule has 9 aromatic carbocycles. The number of para-hydroxylation sites is 6. The summed E-state index contributed by atoms with van der Waals surface area (Å²) in [7, 11) is 0. The van der Waals surface area contributed by atoms with Crippen molar-refractivity contribution in [2.75, 3.05) is 0 Å². The van der Waals surface area contributed by atoms with Crippen LogP contribution in [0.4, 0.5) is 0 Å². The van der Waals surface area contributed by atoms with Crippen molar-refractivity contribution >= 4 is 65.6 Å². The minimum atomic E-state index is -0.378. The average molecular weight is 812 g/mol. The Labute approximate surface area is 370 Å². The zero-order valence-electron chi connectivity index (χ0n) is 39.4. The van der Waals surface area contributed by atoms with Crippen molar-refractivity contribution in [1.82, 2.24) is 24.1 Å². The number of aromatic nitrogens is 5. The van der Waals surface area contributed by atoms with Crippen molar-refractivity contribution in [3.05, 3.63) is 212 Å². The Morgan fingerprint density at radius 3 is 1.78 bits per heavy atom. The Kier molecular flexibility index (Phi) is 6.56. The van der Waals surface area contributed by atoms with Crippen LogP contribution in [-0.4, -0.2) is 24.1 Å². The molecule has 0 aliphatic carbocycles. The molecular formula is C57H35N5O. The molecule has 6 nitrogen and oxygen atoms in total. The van der Waals surface area contributed by atoms with Gasteiger partial charge in [-0.3, -0.25) is 0 Å². The van der Waals surface area contributed by atoms with Gasteiger partial charge in [0.2, 0.25) is 0 Å². The highest BCUT2D eigenvalue weighted by Crippen LogP contribution is 2.43. The summed E-state index contributed by atoms with van der Waals surface area (Å²) in [4.78, 5) is 15.7. The topological polar surface area (TPSA) is 61.7 Å². The summed E-state index contributed by atoms with van der Waals surface area (Å²) in [5.74, 6) is 1.27. The summed E-state index contributed by atoms with van der Waals surface area (Å²) in [5.41, 5.74) is 8.46. The van der Waals surface area contributed by atoms with Crippen molar-refractivity contribution < 1.29 is 12.6 Å². The van der Waals surface area contributed by atoms with E-state index in [1.807, 2.05) is 127 Å². The number of hydrogen-bond donors (Lipinski definition) is 0. The van der Waals surface area contributed by atoms with E-state index in [0.717, 1.165) is 60.4 Å². The molecule has 13 rings (SSSR count). The van der Waals surface area contributed by atoms with Crippen LogP contribution in [0.3, 0.4) is 0 Å². The van der Waals surface area contributed by atoms with Gasteiger partial charge >= 0.3 is 0 Å². The molecule has 0 bridgehead atoms. The van der Waals surface area contributed by atoms with Crippen molar-refractivity contribution in [2.45, 2.75) is 0 Å². The lowest BCUT2D eigenvalue weighted by molar-refractivity contribution is 0.670. The summed E-state index contributed by atoms with van der Waals surface area (Å²) in [6.45, 7) is 0. The number of fused-ring (bicyclic) bond motifs is 9. The minimum absolute atomic E-state index is 0.0118. The first-order valence-electron chi connectivity index (χ1n) is 23.7. The Morgan fingerprint density at radius 2 is 1.02 bits per heavy atom. The molecule has 0 aliphatic rings. The third-order valence-electron chi connectivity index (χ3n) is 11.9. The molecule has 0 saturated carbocycles. The minimum Gasteiger partial charge on any atom is -0.455 e. The lowest BCUT2D eigenvalue weighted by Crippen LogP contribution is -2.02. The summed E-state index contributed by atoms with van der Waals surface area (Å²) in [5, 5.41) is 4.25. The van der Waals surface area contributed by atoms with Crippen LogP contribution in [0.2, 0.25) is 0 Å². The van der Waals surface area contributed by atoms with E-state index in [1.54, 1.807) is 0 Å². The van der Waals surface area contributed by atoms with E-state index in [4.69, 9.17) is 23.5 Å². The molecule has 63 heavy (non-hydrogen) atoms. The van der Waals surface area contributed by atoms with Gasteiger partial charge < -0.3 is 13.6 Å². The molecular weight excluding hydrogens is 771 g/mol. The number of rotatable bonds is 6. The van der Waals surface area contributed by atoms with Crippen LogP contribution in [0.25, 0.3) is 122 Å². The SMILES string of the molecule is [2H]c1cc([2H])c2oc3c(-c4cc(-c5nc(-c6ccccc6)nc(-c6cccc7c6c6ccccc6n7-c6ccccc6)n5)ccc4-n4c5ccccc5c5ccccc54)c([2H])c([2H])c([2H])c3c2c1[2H]. The highest BCUT2D eigenvalue weighted by Gasteiger charge is 2.23. The molecule has 13 aromatic rings. The molecule has 0 N–H and O–H groups in total. The van der Waals surface area contributed by atoms with Gasteiger partial charge in [0.15, 0.2) is 17.5 Å². The van der Waals surface area contributed by atoms with E-state index in [1.165, 1.54) is 6.07 Å². The second-order valence-corrected chi connectivity index (χ2v) is 15.5. The van der Waals surface area contributed by atoms with E-state index < -0.39 is 0 Å². The molecule has 4 aromatic heterocycles. The quantitative estimate of drug-likeness (QED) is 0.168. The molecule has 0 unspecified atom stereocenters. The van der Waals surface area contributed by atoms with Gasteiger partial charge in [-0.05, 0) is 60.6 Å². The fourth-order valence-corrected chi connectivity index (χ4v) is 9.22. The summed E-state index contributed by atoms with van der Waals surface area (Å²) in [6.07, 6.45) is 0. The average Bonchev–Trinajstić information content (AvgIpc) is 4.07. The number of nitrogens with zero attached hydrogens (tertiary/aromatic N) is 5. The fourth-order valence-electron chi connectivity index (χ4n) is 9.22. The van der Waals surface area contributed by atoms with Crippen molar-refractivity contribution in [3.63, 3.8) is 0 Å². The fraction of sp³-hybridized carbons (Fsp3) is 0. The summed E-state index contributed by atoms with van der Waals surface area (Å²) < 4.78 is 65.2. The molecule has 294 valence electrons. The molecule has 0 amide bonds. The Bertz CT molecular complexity index is 4220. The molecule has 0 radical (unpaired) electrons. The van der Waals surface area contributed by atoms with Gasteiger partial charge in [-0.25, -0.2) is 15.0 Å². The molecule has 0 atom stereocenters. The second kappa shape index (κ2) is 14.0. The second-order valence-electron chi connectivity index (χ2n) is 15.5. The van der Waals surface area contributed by atoms with Crippen LogP contribution in [-0.2, 0) is 0 Å². The van der Waals surface area contributed by atoms with E-state index in [0.29, 0.717) is 34.3 Å². The molecule has 4 heterocycles. The summed E-state index contributed by atoms with van der Waals surface area (Å²) in [6, 6.07) is 56.3. The maximum absolute atomic E-state index is 9.65. The van der Waals surface area contributed by atoms with Crippen LogP contribution in [0.15, 0.2) is 217 Å². The standard InChI is InChI=1S/C57H35N5O/c1-3-17-36(18-4-1)55-58-56(60-57(59-55)45-27-16-31-51-53(45)44-24-9-13-30-49(44)61(51)38-19-5-2-6-20-38)37-33-34-50(62-47-28-11-7-21-39(47)40-22-8-12-29-48(40)62)46(35-37)43-26-15-25-42-41-23-10-14-32-52(41)63-54(42)43/h1-35H/i10D,15D,23D,25D,26D,32D. The molecule has 0 saturated heterocycles. The van der Waals surface area contributed by atoms with E-state index >= 15 is 0 Å². The van der Waals surface area contributed by atoms with Crippen LogP contribution >= 0.6 is 0 Å². The highest BCUT2D eigenvalue weighted by molar-refractivity contribution is 6.16. The van der Waals surface area contributed by atoms with Crippen LogP contribution in [0.5, 0.6) is 0 Å². The monoisotopic (exact) mass is 811 g/mol. The lowest BCUT2D eigenvalue weighted by Gasteiger charge is -2.16. The van der Waals surface area contributed by atoms with E-state index in [9.17, 15) is 4.11 Å². The third-order valence-corrected chi connectivity index (χ3v) is 11.9. The molecule has 0 spiro atoms. The predicted molar refractivity (Wildman–Crippen MR) is 258 cm³/mol. The Hall–Kier alpha value is -8.61. The van der Waals surface area contributed by atoms with Gasteiger partial charge in [0.25, 0.3) is 0 Å². The predicted octanol–water partition coefficient (Wildman–Crippen LogP) is 14.6. The third kappa shape index (κ3) is 5.48. The van der Waals surface area contributed by atoms with Crippen molar-refractivity contribution in [1.29, 1.82) is 0 Å². The van der Waals surface area contributed by atoms with Crippen molar-refractivity contribution in [2.24, 2.45) is 0 Å². The van der Waals surface area contributed by atoms with Crippen LogP contribution < -0.4 is 0 Å². The zero-order chi connectivity index (χ0) is 46.7. The Morgan fingerprint density at radius 1 is 0.397 bits per heavy atom. The number of benzene rings is 9. The van der Waals surface area contributed by atoms with E-state index in [-0.39, 0.29) is 63.8 Å². The zero-order valence-corrected chi connectivity index (χ0v) is 33.4. The maximum Gasteiger partial charge on any atom is 0.164 e. The first-order valence-corrected chi connectivity index (χ1v) is 20.7. The molecule has 0 fully saturated rings. The van der Waals surface area contributed by atoms with Gasteiger partial charge in [0.1, 0.15) is 11.2 Å². The van der Waals surface area contributed by atoms with Gasteiger partial charge in [-0.2, -0.15) is 0 Å².